The van der Waals surface area contributed by atoms with Crippen LogP contribution in [0.1, 0.15) is 16.7 Å². The molecule has 5 heteroatoms. The molecule has 0 aliphatic heterocycles. The van der Waals surface area contributed by atoms with Crippen molar-refractivity contribution >= 4 is 5.69 Å². The molecule has 0 heterocycles. The molecule has 0 aliphatic rings. The molecule has 0 aromatic heterocycles. The van der Waals surface area contributed by atoms with E-state index in [-0.39, 0.29) is 5.69 Å². The third kappa shape index (κ3) is 3.97. The van der Waals surface area contributed by atoms with E-state index in [0.29, 0.717) is 19.0 Å². The molecule has 21 heavy (non-hydrogen) atoms. The first-order valence-corrected chi connectivity index (χ1v) is 6.53. The molecule has 0 amide bonds. The Morgan fingerprint density at radius 3 is 2.38 bits per heavy atom. The molecule has 0 bridgehead atoms. The van der Waals surface area contributed by atoms with Crippen molar-refractivity contribution < 1.29 is 17.6 Å². The van der Waals surface area contributed by atoms with Gasteiger partial charge in [-0.2, -0.15) is 13.2 Å². The number of anilines is 1. The molecule has 0 unspecified atom stereocenters. The number of halogens is 4. The van der Waals surface area contributed by atoms with Gasteiger partial charge in [0.1, 0.15) is 5.82 Å². The van der Waals surface area contributed by atoms with Gasteiger partial charge in [0, 0.05) is 6.54 Å². The van der Waals surface area contributed by atoms with Crippen molar-refractivity contribution in [2.45, 2.75) is 19.5 Å². The summed E-state index contributed by atoms with van der Waals surface area (Å²) in [5, 5.41) is 2.82. The lowest BCUT2D eigenvalue weighted by molar-refractivity contribution is -0.137. The Hall–Kier alpha value is -2.04. The molecule has 2 aromatic carbocycles. The first-order chi connectivity index (χ1) is 9.88. The zero-order valence-electron chi connectivity index (χ0n) is 11.5. The largest absolute Gasteiger partial charge is 0.416 e. The highest BCUT2D eigenvalue weighted by atomic mass is 19.4. The lowest BCUT2D eigenvalue weighted by atomic mass is 10.1. The van der Waals surface area contributed by atoms with Crippen LogP contribution in [0, 0.1) is 12.7 Å². The molecule has 0 fully saturated rings. The van der Waals surface area contributed by atoms with Crippen molar-refractivity contribution in [2.75, 3.05) is 11.9 Å². The summed E-state index contributed by atoms with van der Waals surface area (Å²) < 4.78 is 50.9. The summed E-state index contributed by atoms with van der Waals surface area (Å²) in [5.41, 5.74) is 1.35. The second-order valence-electron chi connectivity index (χ2n) is 4.80. The van der Waals surface area contributed by atoms with Gasteiger partial charge in [0.25, 0.3) is 0 Å². The maximum absolute atomic E-state index is 13.6. The van der Waals surface area contributed by atoms with Crippen LogP contribution in [0.2, 0.25) is 0 Å². The van der Waals surface area contributed by atoms with Crippen molar-refractivity contribution in [1.82, 2.24) is 0 Å². The standard InChI is InChI=1S/C16H15F4N/c1-11-4-2-3-5-12(11)8-9-21-15-7-6-13(10-14(15)17)16(18,19)20/h2-7,10,21H,8-9H2,1H3. The zero-order chi connectivity index (χ0) is 15.5. The Balaban J connectivity index is 2.00. The van der Waals surface area contributed by atoms with E-state index < -0.39 is 17.6 Å². The smallest absolute Gasteiger partial charge is 0.382 e. The van der Waals surface area contributed by atoms with E-state index in [1.54, 1.807) is 0 Å². The normalized spacial score (nSPS) is 11.5. The van der Waals surface area contributed by atoms with E-state index in [9.17, 15) is 17.6 Å². The second-order valence-corrected chi connectivity index (χ2v) is 4.80. The molecule has 0 radical (unpaired) electrons. The van der Waals surface area contributed by atoms with Crippen LogP contribution < -0.4 is 5.32 Å². The van der Waals surface area contributed by atoms with Crippen molar-refractivity contribution in [3.63, 3.8) is 0 Å². The summed E-state index contributed by atoms with van der Waals surface area (Å²) in [7, 11) is 0. The molecule has 0 spiro atoms. The minimum absolute atomic E-state index is 0.0802. The average Bonchev–Trinajstić information content (AvgIpc) is 2.41. The van der Waals surface area contributed by atoms with Crippen LogP contribution in [0.5, 0.6) is 0 Å². The molecule has 1 nitrogen and oxygen atoms in total. The van der Waals surface area contributed by atoms with Crippen molar-refractivity contribution in [3.05, 3.63) is 65.0 Å². The summed E-state index contributed by atoms with van der Waals surface area (Å²) >= 11 is 0. The van der Waals surface area contributed by atoms with Gasteiger partial charge in [-0.25, -0.2) is 4.39 Å². The van der Waals surface area contributed by atoms with E-state index in [2.05, 4.69) is 5.32 Å². The zero-order valence-corrected chi connectivity index (χ0v) is 11.5. The minimum atomic E-state index is -4.53. The number of hydrogen-bond donors (Lipinski definition) is 1. The fourth-order valence-corrected chi connectivity index (χ4v) is 2.06. The maximum Gasteiger partial charge on any atom is 0.416 e. The first kappa shape index (κ1) is 15.4. The molecule has 112 valence electrons. The van der Waals surface area contributed by atoms with Crippen molar-refractivity contribution in [3.8, 4) is 0 Å². The van der Waals surface area contributed by atoms with Gasteiger partial charge in [-0.1, -0.05) is 24.3 Å². The monoisotopic (exact) mass is 297 g/mol. The molecule has 1 N–H and O–H groups in total. The Kier molecular flexibility index (Phi) is 4.50. The molecule has 0 atom stereocenters. The summed E-state index contributed by atoms with van der Waals surface area (Å²) in [6, 6.07) is 10.3. The van der Waals surface area contributed by atoms with Crippen LogP contribution in [0.25, 0.3) is 0 Å². The van der Waals surface area contributed by atoms with E-state index in [0.717, 1.165) is 23.3 Å². The van der Waals surface area contributed by atoms with Crippen LogP contribution in [-0.2, 0) is 12.6 Å². The number of benzene rings is 2. The van der Waals surface area contributed by atoms with Gasteiger partial charge < -0.3 is 5.32 Å². The van der Waals surface area contributed by atoms with Gasteiger partial charge in [-0.05, 0) is 42.7 Å². The van der Waals surface area contributed by atoms with Gasteiger partial charge in [0.2, 0.25) is 0 Å². The van der Waals surface area contributed by atoms with Crippen LogP contribution in [0.4, 0.5) is 23.2 Å². The van der Waals surface area contributed by atoms with Crippen molar-refractivity contribution in [2.24, 2.45) is 0 Å². The highest BCUT2D eigenvalue weighted by molar-refractivity contribution is 5.47. The molecular formula is C16H15F4N. The molecule has 0 saturated heterocycles. The van der Waals surface area contributed by atoms with Gasteiger partial charge in [-0.15, -0.1) is 0 Å². The number of nitrogens with one attached hydrogen (secondary N) is 1. The lowest BCUT2D eigenvalue weighted by Crippen LogP contribution is -2.09. The number of aryl methyl sites for hydroxylation is 1. The van der Waals surface area contributed by atoms with Crippen LogP contribution in [-0.4, -0.2) is 6.54 Å². The topological polar surface area (TPSA) is 12.0 Å². The van der Waals surface area contributed by atoms with Crippen molar-refractivity contribution in [1.29, 1.82) is 0 Å². The highest BCUT2D eigenvalue weighted by Crippen LogP contribution is 2.31. The predicted octanol–water partition coefficient (Wildman–Crippen LogP) is 4.81. The fourth-order valence-electron chi connectivity index (χ4n) is 2.06. The summed E-state index contributed by atoms with van der Waals surface area (Å²) in [6.45, 7) is 2.43. The number of hydrogen-bond acceptors (Lipinski definition) is 1. The lowest BCUT2D eigenvalue weighted by Gasteiger charge is -2.11. The predicted molar refractivity (Wildman–Crippen MR) is 74.8 cm³/mol. The third-order valence-electron chi connectivity index (χ3n) is 3.27. The minimum Gasteiger partial charge on any atom is -0.382 e. The maximum atomic E-state index is 13.6. The van der Waals surface area contributed by atoms with Crippen LogP contribution in [0.15, 0.2) is 42.5 Å². The number of rotatable bonds is 4. The molecule has 2 rings (SSSR count). The Labute approximate surface area is 120 Å². The van der Waals surface area contributed by atoms with Gasteiger partial charge in [-0.3, -0.25) is 0 Å². The first-order valence-electron chi connectivity index (χ1n) is 6.53. The fraction of sp³-hybridized carbons (Fsp3) is 0.250. The van der Waals surface area contributed by atoms with Gasteiger partial charge >= 0.3 is 6.18 Å². The summed E-state index contributed by atoms with van der Waals surface area (Å²) in [5.74, 6) is -0.894. The quantitative estimate of drug-likeness (QED) is 0.799. The second kappa shape index (κ2) is 6.16. The van der Waals surface area contributed by atoms with E-state index in [4.69, 9.17) is 0 Å². The van der Waals surface area contributed by atoms with Gasteiger partial charge in [0.05, 0.1) is 11.3 Å². The van der Waals surface area contributed by atoms with Crippen LogP contribution >= 0.6 is 0 Å². The Morgan fingerprint density at radius 2 is 1.76 bits per heavy atom. The average molecular weight is 297 g/mol. The molecule has 0 saturated carbocycles. The van der Waals surface area contributed by atoms with E-state index >= 15 is 0 Å². The van der Waals surface area contributed by atoms with Gasteiger partial charge in [0.15, 0.2) is 0 Å². The summed E-state index contributed by atoms with van der Waals surface area (Å²) in [6.07, 6.45) is -3.85. The van der Waals surface area contributed by atoms with Crippen LogP contribution in [0.3, 0.4) is 0 Å². The number of alkyl halides is 3. The summed E-state index contributed by atoms with van der Waals surface area (Å²) in [4.78, 5) is 0. The molecular weight excluding hydrogens is 282 g/mol. The van der Waals surface area contributed by atoms with E-state index in [1.165, 1.54) is 0 Å². The Morgan fingerprint density at radius 1 is 1.05 bits per heavy atom. The third-order valence-corrected chi connectivity index (χ3v) is 3.27. The molecule has 2 aromatic rings. The Bertz CT molecular complexity index is 620. The SMILES string of the molecule is Cc1ccccc1CCNc1ccc(C(F)(F)F)cc1F. The highest BCUT2D eigenvalue weighted by Gasteiger charge is 2.31. The molecule has 0 aliphatic carbocycles. The van der Waals surface area contributed by atoms with E-state index in [1.807, 2.05) is 31.2 Å².